The maximum absolute atomic E-state index is 8.89. The molecule has 0 unspecified atom stereocenters. The Bertz CT molecular complexity index is 1540. The normalized spacial score (nSPS) is 23.4. The third-order valence-corrected chi connectivity index (χ3v) is 10.5. The van der Waals surface area contributed by atoms with Crippen molar-refractivity contribution in [3.05, 3.63) is 61.8 Å². The van der Waals surface area contributed by atoms with Gasteiger partial charge in [0.05, 0.1) is 58.3 Å². The summed E-state index contributed by atoms with van der Waals surface area (Å²) in [4.78, 5) is 8.89. The zero-order valence-electron chi connectivity index (χ0n) is 37.0. The van der Waals surface area contributed by atoms with Crippen molar-refractivity contribution in [2.45, 2.75) is 131 Å². The molecule has 0 spiro atoms. The van der Waals surface area contributed by atoms with Crippen molar-refractivity contribution in [1.29, 1.82) is 0 Å². The number of carboxylic acids is 1. The monoisotopic (exact) mass is 837 g/mol. The Morgan fingerprint density at radius 3 is 1.33 bits per heavy atom. The van der Waals surface area contributed by atoms with Crippen LogP contribution in [-0.4, -0.2) is 60.7 Å². The second-order valence-electron chi connectivity index (χ2n) is 13.9. The molecule has 2 aromatic carbocycles. The number of rotatable bonds is 2. The topological polar surface area (TPSA) is 95.5 Å². The standard InChI is InChI=1S/C12H24B2O4.C12H15BCl2O2.C6H4BrCl.C2H4O2.CH4.K/c1-9(2)10(3,4)16-13(15-9)14-17-11(5,6)12(7,8)18-14;1-11(2)12(3,4)17-13(16-11)8-6-5-7-9(14)10(8)15;7-5-3-1-2-4-6(5)8;1-2(3)4;;/h1-8H3;5-7H,1-4H3;1-4H;1H3,(H,3,4);1H4;/q;;;;;+1/p-1/i;5D,6D,7D;1D,2D,3D,4D;;;. The van der Waals surface area contributed by atoms with Gasteiger partial charge in [0.2, 0.25) is 0 Å². The molecule has 0 bridgehead atoms. The Morgan fingerprint density at radius 2 is 0.959 bits per heavy atom. The summed E-state index contributed by atoms with van der Waals surface area (Å²) in [5.41, 5.74) is -2.40. The molecule has 0 radical (unpaired) electrons. The number of hydrogen-bond acceptors (Lipinski definition) is 8. The molecule has 3 aliphatic rings. The van der Waals surface area contributed by atoms with Crippen molar-refractivity contribution in [2.75, 3.05) is 0 Å². The molecule has 268 valence electrons. The van der Waals surface area contributed by atoms with Crippen LogP contribution in [0.2, 0.25) is 15.1 Å². The fourth-order valence-electron chi connectivity index (χ4n) is 3.79. The van der Waals surface area contributed by atoms with Crippen LogP contribution in [0.5, 0.6) is 0 Å². The van der Waals surface area contributed by atoms with Crippen molar-refractivity contribution in [3.63, 3.8) is 0 Å². The van der Waals surface area contributed by atoms with E-state index in [0.29, 0.717) is 0 Å². The van der Waals surface area contributed by atoms with Crippen molar-refractivity contribution in [2.24, 2.45) is 0 Å². The predicted molar refractivity (Wildman–Crippen MR) is 201 cm³/mol. The number of halogens is 4. The Labute approximate surface area is 371 Å². The average Bonchev–Trinajstić information content (AvgIpc) is 3.49. The summed E-state index contributed by atoms with van der Waals surface area (Å²) < 4.78 is 88.1. The van der Waals surface area contributed by atoms with Crippen LogP contribution in [0.1, 0.15) is 107 Å². The molecule has 3 fully saturated rings. The van der Waals surface area contributed by atoms with Gasteiger partial charge in [0.1, 0.15) is 0 Å². The van der Waals surface area contributed by atoms with E-state index >= 15 is 0 Å². The molecule has 0 aliphatic carbocycles. The fraction of sp³-hybridized carbons (Fsp3) is 0.606. The molecular weight excluding hydrogens is 782 g/mol. The van der Waals surface area contributed by atoms with Crippen LogP contribution in [0.15, 0.2) is 46.8 Å². The predicted octanol–water partition coefficient (Wildman–Crippen LogP) is 5.04. The van der Waals surface area contributed by atoms with Crippen molar-refractivity contribution < 1.29 is 98.8 Å². The second kappa shape index (κ2) is 18.9. The summed E-state index contributed by atoms with van der Waals surface area (Å²) in [5.74, 6) is -1.08. The molecule has 2 aromatic rings. The smallest absolute Gasteiger partial charge is 0.550 e. The maximum atomic E-state index is 8.89. The Hall–Kier alpha value is 0.851. The first-order valence-corrected chi connectivity index (χ1v) is 16.6. The molecule has 16 heteroatoms. The van der Waals surface area contributed by atoms with Crippen molar-refractivity contribution in [3.8, 4) is 0 Å². The van der Waals surface area contributed by atoms with E-state index in [4.69, 9.17) is 82.2 Å². The zero-order chi connectivity index (χ0) is 42.5. The molecule has 3 saturated heterocycles. The van der Waals surface area contributed by atoms with Crippen LogP contribution in [-0.2, 0) is 32.7 Å². The number of carboxylic acid groups (broad SMARTS) is 1. The van der Waals surface area contributed by atoms with E-state index < -0.39 is 38.3 Å². The second-order valence-corrected chi connectivity index (χ2v) is 15.8. The summed E-state index contributed by atoms with van der Waals surface area (Å²) >= 11 is 20.6. The molecule has 0 aromatic heterocycles. The van der Waals surface area contributed by atoms with Gasteiger partial charge in [0.15, 0.2) is 0 Å². The van der Waals surface area contributed by atoms with Gasteiger partial charge >= 0.3 is 72.5 Å². The minimum atomic E-state index is -1.08. The molecule has 0 atom stereocenters. The van der Waals surface area contributed by atoms with E-state index in [1.165, 1.54) is 0 Å². The van der Waals surface area contributed by atoms with Crippen LogP contribution < -0.4 is 62.0 Å². The molecule has 0 amide bonds. The first-order chi connectivity index (χ1) is 24.1. The molecule has 3 heterocycles. The molecule has 49 heavy (non-hydrogen) atoms. The minimum Gasteiger partial charge on any atom is -0.550 e. The first-order valence-electron chi connectivity index (χ1n) is 18.2. The van der Waals surface area contributed by atoms with E-state index in [1.807, 2.05) is 83.1 Å². The SMILES string of the molecule is C.CC(=O)[O-].CC1(C)OB(B2OC(C)(C)C(C)(C)O2)OC1(C)C.[2H]c1c([2H])c(Cl)c(Cl)c(B2OC(C)(C)C(C)(C)O2)c1[2H].[2H]c1c([2H])c([2H])c(Br)c(Cl)c1[2H].[K+]. The quantitative estimate of drug-likeness (QED) is 0.389. The number of benzene rings is 2. The van der Waals surface area contributed by atoms with Crippen LogP contribution in [0.4, 0.5) is 0 Å². The van der Waals surface area contributed by atoms with Gasteiger partial charge in [-0.15, -0.1) is 0 Å². The number of hydrogen-bond donors (Lipinski definition) is 0. The minimum absolute atomic E-state index is 0. The van der Waals surface area contributed by atoms with E-state index in [9.17, 15) is 0 Å². The van der Waals surface area contributed by atoms with E-state index in [0.717, 1.165) is 6.92 Å². The van der Waals surface area contributed by atoms with E-state index in [1.54, 1.807) is 0 Å². The van der Waals surface area contributed by atoms with Gasteiger partial charge in [-0.1, -0.05) is 66.4 Å². The van der Waals surface area contributed by atoms with Gasteiger partial charge in [-0.05, 0) is 124 Å². The van der Waals surface area contributed by atoms with Gasteiger partial charge in [-0.3, -0.25) is 0 Å². The summed E-state index contributed by atoms with van der Waals surface area (Å²) in [5, 5.41) is 8.88. The first kappa shape index (κ1) is 38.1. The van der Waals surface area contributed by atoms with Crippen LogP contribution >= 0.6 is 50.7 Å². The van der Waals surface area contributed by atoms with Crippen LogP contribution in [0.3, 0.4) is 0 Å². The van der Waals surface area contributed by atoms with Gasteiger partial charge in [-0.2, -0.15) is 0 Å². The van der Waals surface area contributed by atoms with E-state index in [2.05, 4.69) is 15.9 Å². The Kier molecular flexibility index (Phi) is 14.7. The van der Waals surface area contributed by atoms with Gasteiger partial charge in [-0.25, -0.2) is 0 Å². The van der Waals surface area contributed by atoms with Crippen LogP contribution in [0.25, 0.3) is 0 Å². The number of carbonyl (C=O) groups is 1. The zero-order valence-corrected chi connectivity index (χ0v) is 37.0. The van der Waals surface area contributed by atoms with Gasteiger partial charge in [0, 0.05) is 15.9 Å². The third kappa shape index (κ3) is 13.0. The average molecular weight is 840 g/mol. The largest absolute Gasteiger partial charge is 1.00 e. The maximum Gasteiger partial charge on any atom is 1.00 e. The molecule has 0 N–H and O–H groups in total. The van der Waals surface area contributed by atoms with Crippen LogP contribution in [0, 0.1) is 0 Å². The van der Waals surface area contributed by atoms with Crippen molar-refractivity contribution >= 4 is 83.3 Å². The fourth-order valence-corrected chi connectivity index (χ4v) is 4.41. The van der Waals surface area contributed by atoms with Gasteiger partial charge in [0.25, 0.3) is 0 Å². The summed E-state index contributed by atoms with van der Waals surface area (Å²) in [6.45, 7) is 24.7. The van der Waals surface area contributed by atoms with Crippen molar-refractivity contribution in [1.82, 2.24) is 0 Å². The van der Waals surface area contributed by atoms with Gasteiger partial charge < -0.3 is 37.8 Å². The third-order valence-electron chi connectivity index (χ3n) is 8.65. The molecule has 0 saturated carbocycles. The Morgan fingerprint density at radius 1 is 0.653 bits per heavy atom. The van der Waals surface area contributed by atoms with E-state index in [-0.39, 0.29) is 149 Å². The molecule has 3 aliphatic heterocycles. The summed E-state index contributed by atoms with van der Waals surface area (Å²) in [7, 11) is -1.82. The number of carbonyl (C=O) groups excluding carboxylic acids is 1. The molecule has 5 rings (SSSR count). The molecular formula is C33H50B3BrCl3KO8. The summed E-state index contributed by atoms with van der Waals surface area (Å²) in [6, 6.07) is -1.70. The number of aliphatic carboxylic acids is 1. The summed E-state index contributed by atoms with van der Waals surface area (Å²) in [6.07, 6.45) is 0. The Balaban J connectivity index is 0.000000778. The molecule has 8 nitrogen and oxygen atoms in total.